The third-order valence-electron chi connectivity index (χ3n) is 5.60. The first-order valence-electron chi connectivity index (χ1n) is 11.5. The van der Waals surface area contributed by atoms with Gasteiger partial charge in [0.25, 0.3) is 5.91 Å². The van der Waals surface area contributed by atoms with Crippen LogP contribution < -0.4 is 4.90 Å². The third kappa shape index (κ3) is 5.87. The summed E-state index contributed by atoms with van der Waals surface area (Å²) in [6.07, 6.45) is 3.58. The van der Waals surface area contributed by atoms with Crippen LogP contribution in [-0.4, -0.2) is 50.5 Å². The summed E-state index contributed by atoms with van der Waals surface area (Å²) in [5.74, 6) is 1.19. The molecule has 0 radical (unpaired) electrons. The molecule has 1 aliphatic heterocycles. The van der Waals surface area contributed by atoms with E-state index in [1.54, 1.807) is 24.3 Å². The highest BCUT2D eigenvalue weighted by Crippen LogP contribution is 2.26. The number of phenolic OH excluding ortho intramolecular Hbond substituents is 1. The minimum Gasteiger partial charge on any atom is -0.508 e. The van der Waals surface area contributed by atoms with Crippen molar-refractivity contribution >= 4 is 23.2 Å². The molecule has 3 aromatic rings. The second kappa shape index (κ2) is 10.3. The molecular formula is C25H31N5O2S. The van der Waals surface area contributed by atoms with E-state index in [-0.39, 0.29) is 11.7 Å². The van der Waals surface area contributed by atoms with Gasteiger partial charge in [0.2, 0.25) is 5.95 Å². The standard InChI is InChI=1S/C25H31N5O2S/c1-17(2)14-30(15-20-13-18(3)26-25(27-20)29-11-5-4-6-12-29)24(32)22-16-33-23(28-22)19-7-9-21(31)10-8-19/h7-10,13,16-17,31H,4-6,11-12,14-15H2,1-3H3. The Morgan fingerprint density at radius 2 is 1.85 bits per heavy atom. The Labute approximate surface area is 199 Å². The number of amides is 1. The van der Waals surface area contributed by atoms with Gasteiger partial charge in [-0.05, 0) is 62.4 Å². The zero-order valence-electron chi connectivity index (χ0n) is 19.5. The molecule has 174 valence electrons. The van der Waals surface area contributed by atoms with Gasteiger partial charge in [0, 0.05) is 36.3 Å². The molecule has 0 saturated carbocycles. The first kappa shape index (κ1) is 23.2. The molecule has 8 heteroatoms. The maximum absolute atomic E-state index is 13.4. The van der Waals surface area contributed by atoms with E-state index in [9.17, 15) is 9.90 Å². The molecule has 1 fully saturated rings. The molecule has 33 heavy (non-hydrogen) atoms. The molecule has 0 bridgehead atoms. The minimum absolute atomic E-state index is 0.0965. The number of rotatable bonds is 7. The fourth-order valence-electron chi connectivity index (χ4n) is 4.06. The van der Waals surface area contributed by atoms with E-state index in [1.165, 1.54) is 17.8 Å². The minimum atomic E-state index is -0.0965. The SMILES string of the molecule is Cc1cc(CN(CC(C)C)C(=O)c2csc(-c3ccc(O)cc3)n2)nc(N2CCCCC2)n1. The monoisotopic (exact) mass is 465 g/mol. The lowest BCUT2D eigenvalue weighted by atomic mass is 10.1. The van der Waals surface area contributed by atoms with Gasteiger partial charge < -0.3 is 14.9 Å². The van der Waals surface area contributed by atoms with Crippen LogP contribution in [0.1, 0.15) is 55.0 Å². The third-order valence-corrected chi connectivity index (χ3v) is 6.49. The van der Waals surface area contributed by atoms with Crippen LogP contribution in [0, 0.1) is 12.8 Å². The first-order valence-corrected chi connectivity index (χ1v) is 12.4. The zero-order chi connectivity index (χ0) is 23.4. The Kier molecular flexibility index (Phi) is 7.23. The van der Waals surface area contributed by atoms with Gasteiger partial charge in [-0.15, -0.1) is 11.3 Å². The molecule has 1 N–H and O–H groups in total. The molecular weight excluding hydrogens is 434 g/mol. The number of aromatic hydroxyl groups is 1. The van der Waals surface area contributed by atoms with E-state index in [2.05, 4.69) is 28.7 Å². The van der Waals surface area contributed by atoms with Crippen molar-refractivity contribution in [2.24, 2.45) is 5.92 Å². The summed E-state index contributed by atoms with van der Waals surface area (Å²) < 4.78 is 0. The number of carbonyl (C=O) groups is 1. The molecule has 1 aliphatic rings. The van der Waals surface area contributed by atoms with Crippen molar-refractivity contribution in [1.29, 1.82) is 0 Å². The predicted octanol–water partition coefficient (Wildman–Crippen LogP) is 4.90. The van der Waals surface area contributed by atoms with Gasteiger partial charge in [0.1, 0.15) is 16.5 Å². The number of anilines is 1. The van der Waals surface area contributed by atoms with Crippen LogP contribution in [0.25, 0.3) is 10.6 Å². The molecule has 1 amide bonds. The van der Waals surface area contributed by atoms with Crippen LogP contribution in [0.15, 0.2) is 35.7 Å². The van der Waals surface area contributed by atoms with Crippen LogP contribution in [0.2, 0.25) is 0 Å². The van der Waals surface area contributed by atoms with Gasteiger partial charge in [-0.2, -0.15) is 0 Å². The van der Waals surface area contributed by atoms with Crippen molar-refractivity contribution in [2.45, 2.75) is 46.6 Å². The first-order chi connectivity index (χ1) is 15.9. The molecule has 3 heterocycles. The van der Waals surface area contributed by atoms with Crippen molar-refractivity contribution < 1.29 is 9.90 Å². The number of carbonyl (C=O) groups excluding carboxylic acids is 1. The van der Waals surface area contributed by atoms with Crippen LogP contribution >= 0.6 is 11.3 Å². The largest absolute Gasteiger partial charge is 0.508 e. The number of aromatic nitrogens is 3. The number of piperidine rings is 1. The molecule has 0 aliphatic carbocycles. The Hall–Kier alpha value is -3.00. The number of nitrogens with zero attached hydrogens (tertiary/aromatic N) is 5. The average molecular weight is 466 g/mol. The summed E-state index contributed by atoms with van der Waals surface area (Å²) in [6, 6.07) is 8.83. The fraction of sp³-hybridized carbons (Fsp3) is 0.440. The van der Waals surface area contributed by atoms with Crippen molar-refractivity contribution in [1.82, 2.24) is 19.9 Å². The van der Waals surface area contributed by atoms with Crippen molar-refractivity contribution in [3.05, 3.63) is 52.8 Å². The number of phenols is 1. The number of benzene rings is 1. The van der Waals surface area contributed by atoms with Gasteiger partial charge in [-0.1, -0.05) is 13.8 Å². The van der Waals surface area contributed by atoms with Crippen molar-refractivity contribution in [3.63, 3.8) is 0 Å². The summed E-state index contributed by atoms with van der Waals surface area (Å²) >= 11 is 1.43. The van der Waals surface area contributed by atoms with Gasteiger partial charge in [0.15, 0.2) is 0 Å². The van der Waals surface area contributed by atoms with Crippen LogP contribution in [0.5, 0.6) is 5.75 Å². The van der Waals surface area contributed by atoms with Crippen molar-refractivity contribution in [2.75, 3.05) is 24.5 Å². The number of hydrogen-bond donors (Lipinski definition) is 1. The Morgan fingerprint density at radius 1 is 1.12 bits per heavy atom. The lowest BCUT2D eigenvalue weighted by molar-refractivity contribution is 0.0715. The molecule has 1 aromatic carbocycles. The highest BCUT2D eigenvalue weighted by molar-refractivity contribution is 7.13. The summed E-state index contributed by atoms with van der Waals surface area (Å²) in [7, 11) is 0. The molecule has 0 unspecified atom stereocenters. The highest BCUT2D eigenvalue weighted by Gasteiger charge is 2.22. The zero-order valence-corrected chi connectivity index (χ0v) is 20.3. The molecule has 1 saturated heterocycles. The number of thiazole rings is 1. The maximum atomic E-state index is 13.4. The van der Waals surface area contributed by atoms with Gasteiger partial charge in [0.05, 0.1) is 12.2 Å². The second-order valence-electron chi connectivity index (χ2n) is 9.01. The van der Waals surface area contributed by atoms with Gasteiger partial charge in [-0.3, -0.25) is 4.79 Å². The lowest BCUT2D eigenvalue weighted by Crippen LogP contribution is -2.35. The maximum Gasteiger partial charge on any atom is 0.273 e. The fourth-order valence-corrected chi connectivity index (χ4v) is 4.86. The predicted molar refractivity (Wildman–Crippen MR) is 132 cm³/mol. The summed E-state index contributed by atoms with van der Waals surface area (Å²) in [6.45, 7) is 9.20. The van der Waals surface area contributed by atoms with E-state index >= 15 is 0 Å². The quantitative estimate of drug-likeness (QED) is 0.534. The topological polar surface area (TPSA) is 82.5 Å². The molecule has 0 atom stereocenters. The Bertz CT molecular complexity index is 1090. The lowest BCUT2D eigenvalue weighted by Gasteiger charge is -2.28. The average Bonchev–Trinajstić information content (AvgIpc) is 3.29. The van der Waals surface area contributed by atoms with E-state index in [4.69, 9.17) is 4.98 Å². The van der Waals surface area contributed by atoms with Gasteiger partial charge in [-0.25, -0.2) is 15.0 Å². The Balaban J connectivity index is 1.55. The number of hydrogen-bond acceptors (Lipinski definition) is 7. The summed E-state index contributed by atoms with van der Waals surface area (Å²) in [5.41, 5.74) is 3.09. The highest BCUT2D eigenvalue weighted by atomic mass is 32.1. The van der Waals surface area contributed by atoms with E-state index < -0.39 is 0 Å². The number of aryl methyl sites for hydroxylation is 1. The molecule has 2 aromatic heterocycles. The second-order valence-corrected chi connectivity index (χ2v) is 9.87. The van der Waals surface area contributed by atoms with E-state index in [0.717, 1.165) is 53.8 Å². The van der Waals surface area contributed by atoms with E-state index in [0.29, 0.717) is 24.7 Å². The molecule has 0 spiro atoms. The van der Waals surface area contributed by atoms with Crippen LogP contribution in [0.4, 0.5) is 5.95 Å². The summed E-state index contributed by atoms with van der Waals surface area (Å²) in [5, 5.41) is 12.1. The molecule has 7 nitrogen and oxygen atoms in total. The Morgan fingerprint density at radius 3 is 2.55 bits per heavy atom. The van der Waals surface area contributed by atoms with Gasteiger partial charge >= 0.3 is 0 Å². The summed E-state index contributed by atoms with van der Waals surface area (Å²) in [4.78, 5) is 31.6. The smallest absolute Gasteiger partial charge is 0.273 e. The van der Waals surface area contributed by atoms with Crippen LogP contribution in [-0.2, 0) is 6.54 Å². The van der Waals surface area contributed by atoms with E-state index in [1.807, 2.05) is 23.3 Å². The normalized spacial score (nSPS) is 14.0. The van der Waals surface area contributed by atoms with Crippen molar-refractivity contribution in [3.8, 4) is 16.3 Å². The van der Waals surface area contributed by atoms with Crippen LogP contribution in [0.3, 0.4) is 0 Å². The molecule has 4 rings (SSSR count).